The molecule has 1 atom stereocenters. The van der Waals surface area contributed by atoms with Crippen molar-refractivity contribution in [3.63, 3.8) is 0 Å². The Morgan fingerprint density at radius 3 is 2.89 bits per heavy atom. The number of piperazine rings is 1. The fourth-order valence-electron chi connectivity index (χ4n) is 2.81. The lowest BCUT2D eigenvalue weighted by atomic mass is 9.93. The molecular formula is C16H26N2O. The van der Waals surface area contributed by atoms with E-state index in [9.17, 15) is 0 Å². The topological polar surface area (TPSA) is 24.5 Å². The molecule has 1 N–H and O–H groups in total. The Hall–Kier alpha value is -1.06. The summed E-state index contributed by atoms with van der Waals surface area (Å²) in [6.45, 7) is 11.0. The van der Waals surface area contributed by atoms with Gasteiger partial charge < -0.3 is 10.1 Å². The summed E-state index contributed by atoms with van der Waals surface area (Å²) in [4.78, 5) is 2.58. The van der Waals surface area contributed by atoms with Gasteiger partial charge in [-0.05, 0) is 26.3 Å². The predicted octanol–water partition coefficient (Wildman–Crippen LogP) is 2.58. The van der Waals surface area contributed by atoms with Gasteiger partial charge in [0.2, 0.25) is 0 Å². The van der Waals surface area contributed by atoms with Crippen LogP contribution in [0.4, 0.5) is 0 Å². The average molecular weight is 262 g/mol. The molecule has 106 valence electrons. The molecule has 0 radical (unpaired) electrons. The Bertz CT molecular complexity index is 433. The van der Waals surface area contributed by atoms with E-state index in [2.05, 4.69) is 49.2 Å². The molecule has 19 heavy (non-hydrogen) atoms. The number of benzene rings is 1. The Balaban J connectivity index is 2.21. The van der Waals surface area contributed by atoms with Crippen LogP contribution in [0.1, 0.15) is 31.4 Å². The summed E-state index contributed by atoms with van der Waals surface area (Å²) in [5, 5.41) is 3.51. The molecule has 1 heterocycles. The first-order valence-electron chi connectivity index (χ1n) is 7.18. The van der Waals surface area contributed by atoms with Gasteiger partial charge in [-0.1, -0.05) is 24.6 Å². The molecule has 2 rings (SSSR count). The Morgan fingerprint density at radius 2 is 2.21 bits per heavy atom. The Labute approximate surface area is 116 Å². The number of rotatable bonds is 4. The van der Waals surface area contributed by atoms with Gasteiger partial charge in [0.05, 0.1) is 7.11 Å². The highest BCUT2D eigenvalue weighted by Crippen LogP contribution is 2.27. The summed E-state index contributed by atoms with van der Waals surface area (Å²) in [7, 11) is 1.75. The third-order valence-corrected chi connectivity index (χ3v) is 4.39. The number of nitrogens with one attached hydrogen (secondary N) is 1. The lowest BCUT2D eigenvalue weighted by Gasteiger charge is -2.45. The minimum absolute atomic E-state index is 0.243. The van der Waals surface area contributed by atoms with Crippen molar-refractivity contribution in [1.82, 2.24) is 10.2 Å². The minimum atomic E-state index is 0.243. The van der Waals surface area contributed by atoms with Crippen molar-refractivity contribution in [2.75, 3.05) is 26.7 Å². The van der Waals surface area contributed by atoms with Crippen molar-refractivity contribution in [1.29, 1.82) is 0 Å². The summed E-state index contributed by atoms with van der Waals surface area (Å²) in [6, 6.07) is 6.44. The number of ether oxygens (including phenoxy) is 1. The highest BCUT2D eigenvalue weighted by atomic mass is 16.5. The van der Waals surface area contributed by atoms with Gasteiger partial charge in [-0.3, -0.25) is 4.90 Å². The first-order chi connectivity index (χ1) is 9.09. The summed E-state index contributed by atoms with van der Waals surface area (Å²) in [5.41, 5.74) is 2.83. The summed E-state index contributed by atoms with van der Waals surface area (Å²) in [5.74, 6) is 1.00. The SMILES string of the molecule is CCC1(C)CNCCN1Cc1cc(C)ccc1OC. The zero-order chi connectivity index (χ0) is 13.9. The molecule has 3 heteroatoms. The first-order valence-corrected chi connectivity index (χ1v) is 7.18. The van der Waals surface area contributed by atoms with Crippen LogP contribution in [0.15, 0.2) is 18.2 Å². The van der Waals surface area contributed by atoms with E-state index in [4.69, 9.17) is 4.74 Å². The lowest BCUT2D eigenvalue weighted by Crippen LogP contribution is -2.58. The second-order valence-corrected chi connectivity index (χ2v) is 5.76. The average Bonchev–Trinajstić information content (AvgIpc) is 2.42. The van der Waals surface area contributed by atoms with Crippen LogP contribution in [-0.2, 0) is 6.54 Å². The maximum atomic E-state index is 5.50. The molecule has 1 saturated heterocycles. The van der Waals surface area contributed by atoms with Crippen LogP contribution in [0.2, 0.25) is 0 Å². The standard InChI is InChI=1S/C16H26N2O/c1-5-16(3)12-17-8-9-18(16)11-14-10-13(2)6-7-15(14)19-4/h6-7,10,17H,5,8-9,11-12H2,1-4H3. The van der Waals surface area contributed by atoms with E-state index < -0.39 is 0 Å². The minimum Gasteiger partial charge on any atom is -0.496 e. The molecule has 0 bridgehead atoms. The van der Waals surface area contributed by atoms with Gasteiger partial charge in [0.15, 0.2) is 0 Å². The number of aryl methyl sites for hydroxylation is 1. The molecule has 1 aliphatic rings. The van der Waals surface area contributed by atoms with Gasteiger partial charge in [0, 0.05) is 37.3 Å². The van der Waals surface area contributed by atoms with Crippen molar-refractivity contribution in [2.45, 2.75) is 39.3 Å². The summed E-state index contributed by atoms with van der Waals surface area (Å²) >= 11 is 0. The Kier molecular flexibility index (Phi) is 4.48. The quantitative estimate of drug-likeness (QED) is 0.902. The fraction of sp³-hybridized carbons (Fsp3) is 0.625. The molecule has 0 aromatic heterocycles. The predicted molar refractivity (Wildman–Crippen MR) is 79.7 cm³/mol. The lowest BCUT2D eigenvalue weighted by molar-refractivity contribution is 0.0630. The largest absolute Gasteiger partial charge is 0.496 e. The normalized spacial score (nSPS) is 24.4. The van der Waals surface area contributed by atoms with Gasteiger partial charge in [-0.15, -0.1) is 0 Å². The van der Waals surface area contributed by atoms with E-state index in [1.54, 1.807) is 7.11 Å². The molecule has 0 amide bonds. The number of methoxy groups -OCH3 is 1. The van der Waals surface area contributed by atoms with E-state index in [1.807, 2.05) is 0 Å². The zero-order valence-corrected chi connectivity index (χ0v) is 12.6. The van der Waals surface area contributed by atoms with E-state index in [-0.39, 0.29) is 5.54 Å². The molecule has 1 aliphatic heterocycles. The van der Waals surface area contributed by atoms with E-state index >= 15 is 0 Å². The smallest absolute Gasteiger partial charge is 0.123 e. The molecule has 1 aromatic rings. The van der Waals surface area contributed by atoms with Crippen LogP contribution in [0.3, 0.4) is 0 Å². The van der Waals surface area contributed by atoms with E-state index in [0.29, 0.717) is 0 Å². The second kappa shape index (κ2) is 5.93. The van der Waals surface area contributed by atoms with Crippen molar-refractivity contribution < 1.29 is 4.74 Å². The van der Waals surface area contributed by atoms with Crippen molar-refractivity contribution in [3.8, 4) is 5.75 Å². The van der Waals surface area contributed by atoms with Gasteiger partial charge >= 0.3 is 0 Å². The molecule has 1 fully saturated rings. The first kappa shape index (κ1) is 14.4. The van der Waals surface area contributed by atoms with Crippen LogP contribution in [0, 0.1) is 6.92 Å². The molecule has 3 nitrogen and oxygen atoms in total. The molecule has 0 saturated carbocycles. The number of nitrogens with zero attached hydrogens (tertiary/aromatic N) is 1. The maximum Gasteiger partial charge on any atom is 0.123 e. The highest BCUT2D eigenvalue weighted by Gasteiger charge is 2.32. The van der Waals surface area contributed by atoms with Gasteiger partial charge in [0.25, 0.3) is 0 Å². The van der Waals surface area contributed by atoms with Gasteiger partial charge in [-0.25, -0.2) is 0 Å². The van der Waals surface area contributed by atoms with Crippen LogP contribution < -0.4 is 10.1 Å². The summed E-state index contributed by atoms with van der Waals surface area (Å²) in [6.07, 6.45) is 1.16. The van der Waals surface area contributed by atoms with Crippen molar-refractivity contribution in [2.24, 2.45) is 0 Å². The van der Waals surface area contributed by atoms with Crippen LogP contribution in [0.25, 0.3) is 0 Å². The van der Waals surface area contributed by atoms with Crippen LogP contribution >= 0.6 is 0 Å². The van der Waals surface area contributed by atoms with E-state index in [0.717, 1.165) is 38.3 Å². The van der Waals surface area contributed by atoms with E-state index in [1.165, 1.54) is 11.1 Å². The number of hydrogen-bond donors (Lipinski definition) is 1. The Morgan fingerprint density at radius 1 is 1.42 bits per heavy atom. The second-order valence-electron chi connectivity index (χ2n) is 5.76. The third-order valence-electron chi connectivity index (χ3n) is 4.39. The van der Waals surface area contributed by atoms with Crippen molar-refractivity contribution in [3.05, 3.63) is 29.3 Å². The maximum absolute atomic E-state index is 5.50. The summed E-state index contributed by atoms with van der Waals surface area (Å²) < 4.78 is 5.50. The highest BCUT2D eigenvalue weighted by molar-refractivity contribution is 5.37. The van der Waals surface area contributed by atoms with Gasteiger partial charge in [-0.2, -0.15) is 0 Å². The molecular weight excluding hydrogens is 236 g/mol. The van der Waals surface area contributed by atoms with Crippen molar-refractivity contribution >= 4 is 0 Å². The number of hydrogen-bond acceptors (Lipinski definition) is 3. The monoisotopic (exact) mass is 262 g/mol. The zero-order valence-electron chi connectivity index (χ0n) is 12.6. The van der Waals surface area contributed by atoms with Gasteiger partial charge in [0.1, 0.15) is 5.75 Å². The third kappa shape index (κ3) is 3.10. The van der Waals surface area contributed by atoms with Crippen LogP contribution in [0.5, 0.6) is 5.75 Å². The molecule has 0 spiro atoms. The molecule has 1 unspecified atom stereocenters. The molecule has 0 aliphatic carbocycles. The van der Waals surface area contributed by atoms with Crippen LogP contribution in [-0.4, -0.2) is 37.2 Å². The fourth-order valence-corrected chi connectivity index (χ4v) is 2.81. The molecule has 1 aromatic carbocycles.